The zero-order chi connectivity index (χ0) is 17.8. The van der Waals surface area contributed by atoms with Crippen LogP contribution in [-0.2, 0) is 14.8 Å². The molecule has 0 aliphatic heterocycles. The van der Waals surface area contributed by atoms with Crippen molar-refractivity contribution in [2.45, 2.75) is 44.6 Å². The van der Waals surface area contributed by atoms with E-state index in [1.807, 2.05) is 20.8 Å². The second-order valence-electron chi connectivity index (χ2n) is 6.13. The zero-order valence-electron chi connectivity index (χ0n) is 14.2. The molecule has 0 saturated heterocycles. The third-order valence-electron chi connectivity index (χ3n) is 3.70. The van der Waals surface area contributed by atoms with Gasteiger partial charge >= 0.3 is 0 Å². The van der Waals surface area contributed by atoms with Gasteiger partial charge in [0.15, 0.2) is 5.78 Å². The topological polar surface area (TPSA) is 83.6 Å². The lowest BCUT2D eigenvalue weighted by Crippen LogP contribution is -2.47. The Morgan fingerprint density at radius 3 is 2.13 bits per heavy atom. The average Bonchev–Trinajstić information content (AvgIpc) is 2.46. The fourth-order valence-electron chi connectivity index (χ4n) is 1.83. The summed E-state index contributed by atoms with van der Waals surface area (Å²) >= 11 is 0. The second kappa shape index (κ2) is 7.23. The Bertz CT molecular complexity index is 679. The highest BCUT2D eigenvalue weighted by atomic mass is 32.2. The first-order valence-electron chi connectivity index (χ1n) is 7.38. The smallest absolute Gasteiger partial charge is 0.243 e. The summed E-state index contributed by atoms with van der Waals surface area (Å²) in [6, 6.07) is 5.67. The summed E-state index contributed by atoms with van der Waals surface area (Å²) < 4.78 is 25.9. The molecule has 1 N–H and O–H groups in total. The van der Waals surface area contributed by atoms with E-state index in [-0.39, 0.29) is 28.7 Å². The Morgan fingerprint density at radius 1 is 1.17 bits per heavy atom. The van der Waals surface area contributed by atoms with Crippen LogP contribution in [0.5, 0.6) is 0 Å². The van der Waals surface area contributed by atoms with Gasteiger partial charge in [-0.2, -0.15) is 4.31 Å². The molecule has 23 heavy (non-hydrogen) atoms. The van der Waals surface area contributed by atoms with Crippen LogP contribution in [0, 0.1) is 0 Å². The number of hydrogen-bond acceptors (Lipinski definition) is 4. The number of nitrogens with zero attached hydrogens (tertiary/aromatic N) is 1. The van der Waals surface area contributed by atoms with Crippen molar-refractivity contribution in [3.8, 4) is 0 Å². The van der Waals surface area contributed by atoms with Gasteiger partial charge in [0.05, 0.1) is 11.4 Å². The molecule has 0 bridgehead atoms. The third kappa shape index (κ3) is 5.14. The minimum atomic E-state index is -3.78. The van der Waals surface area contributed by atoms with Crippen molar-refractivity contribution in [2.24, 2.45) is 0 Å². The van der Waals surface area contributed by atoms with Gasteiger partial charge in [0.25, 0.3) is 0 Å². The molecule has 0 unspecified atom stereocenters. The Hall–Kier alpha value is -1.73. The van der Waals surface area contributed by atoms with E-state index in [9.17, 15) is 18.0 Å². The predicted molar refractivity (Wildman–Crippen MR) is 88.8 cm³/mol. The van der Waals surface area contributed by atoms with Crippen LogP contribution in [0.15, 0.2) is 29.2 Å². The van der Waals surface area contributed by atoms with Crippen LogP contribution in [0.4, 0.5) is 0 Å². The highest BCUT2D eigenvalue weighted by Crippen LogP contribution is 2.15. The molecular weight excluding hydrogens is 316 g/mol. The van der Waals surface area contributed by atoms with E-state index < -0.39 is 10.0 Å². The summed E-state index contributed by atoms with van der Waals surface area (Å²) in [6.45, 7) is 6.84. The fraction of sp³-hybridized carbons (Fsp3) is 0.500. The number of sulfonamides is 1. The molecule has 128 valence electrons. The van der Waals surface area contributed by atoms with E-state index in [1.165, 1.54) is 38.2 Å². The Labute approximate surface area is 137 Å². The van der Waals surface area contributed by atoms with E-state index in [0.29, 0.717) is 5.56 Å². The lowest BCUT2D eigenvalue weighted by atomic mass is 10.0. The first-order chi connectivity index (χ1) is 10.5. The molecule has 0 aliphatic carbocycles. The number of carbonyl (C=O) groups is 2. The molecule has 0 radical (unpaired) electrons. The van der Waals surface area contributed by atoms with Crippen LogP contribution >= 0.6 is 0 Å². The second-order valence-corrected chi connectivity index (χ2v) is 8.17. The number of rotatable bonds is 7. The first kappa shape index (κ1) is 19.3. The number of nitrogens with one attached hydrogen (secondary N) is 1. The van der Waals surface area contributed by atoms with Crippen LogP contribution in [0.2, 0.25) is 0 Å². The van der Waals surface area contributed by atoms with Crippen LogP contribution in [0.3, 0.4) is 0 Å². The van der Waals surface area contributed by atoms with Gasteiger partial charge in [-0.3, -0.25) is 9.59 Å². The zero-order valence-corrected chi connectivity index (χ0v) is 15.0. The van der Waals surface area contributed by atoms with E-state index in [2.05, 4.69) is 5.32 Å². The number of amides is 1. The largest absolute Gasteiger partial charge is 0.350 e. The van der Waals surface area contributed by atoms with Crippen LogP contribution in [0.25, 0.3) is 0 Å². The summed E-state index contributed by atoms with van der Waals surface area (Å²) in [5.74, 6) is -0.494. The molecule has 0 aliphatic rings. The Kier molecular flexibility index (Phi) is 6.07. The van der Waals surface area contributed by atoms with E-state index in [0.717, 1.165) is 10.7 Å². The quantitative estimate of drug-likeness (QED) is 0.767. The fourth-order valence-corrected chi connectivity index (χ4v) is 2.96. The molecule has 0 heterocycles. The molecule has 0 atom stereocenters. The lowest BCUT2D eigenvalue weighted by molar-refractivity contribution is -0.122. The number of hydrogen-bond donors (Lipinski definition) is 1. The maximum atomic E-state index is 12.4. The molecule has 7 heteroatoms. The number of ketones is 1. The minimum absolute atomic E-state index is 0.0487. The van der Waals surface area contributed by atoms with Gasteiger partial charge < -0.3 is 5.32 Å². The molecule has 6 nitrogen and oxygen atoms in total. The van der Waals surface area contributed by atoms with Crippen molar-refractivity contribution in [3.63, 3.8) is 0 Å². The van der Waals surface area contributed by atoms with Crippen LogP contribution < -0.4 is 5.32 Å². The monoisotopic (exact) mass is 340 g/mol. The van der Waals surface area contributed by atoms with Gasteiger partial charge in [-0.15, -0.1) is 0 Å². The van der Waals surface area contributed by atoms with Gasteiger partial charge in [-0.05, 0) is 39.3 Å². The van der Waals surface area contributed by atoms with Crippen molar-refractivity contribution in [3.05, 3.63) is 29.8 Å². The van der Waals surface area contributed by atoms with Crippen molar-refractivity contribution in [2.75, 3.05) is 13.6 Å². The number of benzene rings is 1. The van der Waals surface area contributed by atoms with Crippen molar-refractivity contribution in [1.29, 1.82) is 0 Å². The van der Waals surface area contributed by atoms with Gasteiger partial charge in [-0.1, -0.05) is 19.1 Å². The Balaban J connectivity index is 2.87. The van der Waals surface area contributed by atoms with Gasteiger partial charge in [0.2, 0.25) is 15.9 Å². The summed E-state index contributed by atoms with van der Waals surface area (Å²) in [4.78, 5) is 23.3. The highest BCUT2D eigenvalue weighted by Gasteiger charge is 2.25. The molecule has 0 fully saturated rings. The van der Waals surface area contributed by atoms with Crippen molar-refractivity contribution >= 4 is 21.7 Å². The summed E-state index contributed by atoms with van der Waals surface area (Å²) in [5.41, 5.74) is 0.0548. The van der Waals surface area contributed by atoms with Gasteiger partial charge in [-0.25, -0.2) is 8.42 Å². The van der Waals surface area contributed by atoms with Crippen LogP contribution in [0.1, 0.15) is 44.5 Å². The lowest BCUT2D eigenvalue weighted by Gasteiger charge is -2.26. The van der Waals surface area contributed by atoms with E-state index in [1.54, 1.807) is 0 Å². The molecular formula is C16H24N2O4S. The summed E-state index contributed by atoms with van der Waals surface area (Å²) in [6.07, 6.45) is 0.738. The number of carbonyl (C=O) groups excluding carboxylic acids is 2. The number of likely N-dealkylation sites (N-methyl/N-ethyl adjacent to an activating group) is 1. The van der Waals surface area contributed by atoms with E-state index in [4.69, 9.17) is 0 Å². The van der Waals surface area contributed by atoms with E-state index >= 15 is 0 Å². The summed E-state index contributed by atoms with van der Waals surface area (Å²) in [7, 11) is -2.42. The molecule has 1 aromatic rings. The molecule has 1 rings (SSSR count). The van der Waals surface area contributed by atoms with Crippen molar-refractivity contribution < 1.29 is 18.0 Å². The maximum Gasteiger partial charge on any atom is 0.243 e. The first-order valence-corrected chi connectivity index (χ1v) is 8.82. The SMILES string of the molecule is CCC(C)(C)NC(=O)CN(C)S(=O)(=O)c1ccc(C(C)=O)cc1. The standard InChI is InChI=1S/C16H24N2O4S/c1-6-16(3,4)17-15(20)11-18(5)23(21,22)14-9-7-13(8-10-14)12(2)19/h7-10H,6,11H2,1-5H3,(H,17,20). The average molecular weight is 340 g/mol. The normalized spacial score (nSPS) is 12.3. The van der Waals surface area contributed by atoms with Crippen molar-refractivity contribution in [1.82, 2.24) is 9.62 Å². The Morgan fingerprint density at radius 2 is 1.70 bits per heavy atom. The molecule has 0 aromatic heterocycles. The summed E-state index contributed by atoms with van der Waals surface area (Å²) in [5, 5.41) is 2.79. The van der Waals surface area contributed by atoms with Gasteiger partial charge in [0, 0.05) is 18.2 Å². The highest BCUT2D eigenvalue weighted by molar-refractivity contribution is 7.89. The predicted octanol–water partition coefficient (Wildman–Crippen LogP) is 1.81. The molecule has 1 amide bonds. The maximum absolute atomic E-state index is 12.4. The molecule has 0 spiro atoms. The third-order valence-corrected chi connectivity index (χ3v) is 5.51. The van der Waals surface area contributed by atoms with Gasteiger partial charge in [0.1, 0.15) is 0 Å². The minimum Gasteiger partial charge on any atom is -0.350 e. The molecule has 1 aromatic carbocycles. The molecule has 0 saturated carbocycles. The van der Waals surface area contributed by atoms with Crippen LogP contribution in [-0.4, -0.2) is 43.5 Å². The number of Topliss-reactive ketones (excluding diaryl/α,β-unsaturated/α-hetero) is 1.